The summed E-state index contributed by atoms with van der Waals surface area (Å²) >= 11 is 0. The smallest absolute Gasteiger partial charge is 0.122 e. The van der Waals surface area contributed by atoms with E-state index in [1.807, 2.05) is 55.2 Å². The Labute approximate surface area is 126 Å². The lowest BCUT2D eigenvalue weighted by molar-refractivity contribution is 0.168. The summed E-state index contributed by atoms with van der Waals surface area (Å²) in [6.45, 7) is 1.49. The summed E-state index contributed by atoms with van der Waals surface area (Å²) < 4.78 is 2.01. The van der Waals surface area contributed by atoms with Crippen LogP contribution in [0.2, 0.25) is 0 Å². The number of nitrogens with two attached hydrogens (primary N) is 1. The third-order valence-electron chi connectivity index (χ3n) is 3.90. The Bertz CT molecular complexity index is 554. The molecule has 0 fully saturated rings. The van der Waals surface area contributed by atoms with Crippen molar-refractivity contribution in [2.75, 3.05) is 20.2 Å². The molecule has 2 rings (SSSR count). The minimum Gasteiger partial charge on any atom is -0.394 e. The van der Waals surface area contributed by atoms with Gasteiger partial charge in [-0.15, -0.1) is 0 Å². The molecule has 0 bridgehead atoms. The highest BCUT2D eigenvalue weighted by molar-refractivity contribution is 5.24. The van der Waals surface area contributed by atoms with Gasteiger partial charge in [-0.2, -0.15) is 0 Å². The summed E-state index contributed by atoms with van der Waals surface area (Å²) in [5.41, 5.74) is 6.65. The standard InChI is InChI=1S/C16H24N4O/c1-19(12-15-18-9-11-20(15)2)10-8-16(17,13-21)14-6-4-3-5-7-14/h3-7,9,11,21H,8,10,12-13,17H2,1-2H3. The molecule has 1 aromatic heterocycles. The lowest BCUT2D eigenvalue weighted by atomic mass is 9.88. The van der Waals surface area contributed by atoms with Crippen LogP contribution in [0, 0.1) is 0 Å². The van der Waals surface area contributed by atoms with Crippen molar-refractivity contribution >= 4 is 0 Å². The average Bonchev–Trinajstić information content (AvgIpc) is 2.91. The molecular weight excluding hydrogens is 264 g/mol. The molecule has 0 spiro atoms. The van der Waals surface area contributed by atoms with E-state index in [1.54, 1.807) is 6.20 Å². The number of aryl methyl sites for hydroxylation is 1. The molecule has 0 saturated heterocycles. The van der Waals surface area contributed by atoms with Crippen LogP contribution >= 0.6 is 0 Å². The van der Waals surface area contributed by atoms with E-state index in [9.17, 15) is 5.11 Å². The quantitative estimate of drug-likeness (QED) is 0.800. The maximum Gasteiger partial charge on any atom is 0.122 e. The summed E-state index contributed by atoms with van der Waals surface area (Å²) in [5.74, 6) is 1.02. The number of hydrogen-bond donors (Lipinski definition) is 2. The monoisotopic (exact) mass is 288 g/mol. The second-order valence-electron chi connectivity index (χ2n) is 5.62. The van der Waals surface area contributed by atoms with Crippen molar-refractivity contribution < 1.29 is 5.11 Å². The summed E-state index contributed by atoms with van der Waals surface area (Å²) in [4.78, 5) is 6.49. The van der Waals surface area contributed by atoms with Crippen LogP contribution < -0.4 is 5.73 Å². The van der Waals surface area contributed by atoms with Crippen LogP contribution in [0.15, 0.2) is 42.7 Å². The first-order valence-electron chi connectivity index (χ1n) is 7.15. The summed E-state index contributed by atoms with van der Waals surface area (Å²) in [6, 6.07) is 9.78. The molecule has 1 aromatic carbocycles. The van der Waals surface area contributed by atoms with E-state index in [1.165, 1.54) is 0 Å². The Kier molecular flexibility index (Phi) is 5.12. The summed E-state index contributed by atoms with van der Waals surface area (Å²) in [7, 11) is 4.03. The van der Waals surface area contributed by atoms with Gasteiger partial charge in [0.05, 0.1) is 18.7 Å². The molecule has 21 heavy (non-hydrogen) atoms. The summed E-state index contributed by atoms with van der Waals surface area (Å²) in [6.07, 6.45) is 4.43. The van der Waals surface area contributed by atoms with Crippen LogP contribution in [-0.2, 0) is 19.1 Å². The van der Waals surface area contributed by atoms with Crippen LogP contribution in [-0.4, -0.2) is 39.8 Å². The van der Waals surface area contributed by atoms with Gasteiger partial charge in [-0.25, -0.2) is 4.98 Å². The van der Waals surface area contributed by atoms with Gasteiger partial charge in [0, 0.05) is 26.0 Å². The Hall–Kier alpha value is -1.69. The van der Waals surface area contributed by atoms with Crippen molar-refractivity contribution in [2.45, 2.75) is 18.5 Å². The Morgan fingerprint density at radius 2 is 2.05 bits per heavy atom. The van der Waals surface area contributed by atoms with Gasteiger partial charge in [-0.3, -0.25) is 4.90 Å². The average molecular weight is 288 g/mol. The fraction of sp³-hybridized carbons (Fsp3) is 0.438. The normalized spacial score (nSPS) is 14.3. The van der Waals surface area contributed by atoms with Gasteiger partial charge in [-0.05, 0) is 19.0 Å². The topological polar surface area (TPSA) is 67.3 Å². The first-order valence-corrected chi connectivity index (χ1v) is 7.15. The van der Waals surface area contributed by atoms with Crippen molar-refractivity contribution in [3.05, 3.63) is 54.1 Å². The van der Waals surface area contributed by atoms with Gasteiger partial charge >= 0.3 is 0 Å². The zero-order valence-corrected chi connectivity index (χ0v) is 12.7. The molecule has 114 valence electrons. The molecule has 5 nitrogen and oxygen atoms in total. The molecule has 2 aromatic rings. The minimum absolute atomic E-state index is 0.0622. The van der Waals surface area contributed by atoms with E-state index in [0.29, 0.717) is 6.42 Å². The largest absolute Gasteiger partial charge is 0.394 e. The zero-order valence-electron chi connectivity index (χ0n) is 12.7. The van der Waals surface area contributed by atoms with Crippen molar-refractivity contribution in [3.63, 3.8) is 0 Å². The second-order valence-corrected chi connectivity index (χ2v) is 5.62. The van der Waals surface area contributed by atoms with Gasteiger partial charge in [0.25, 0.3) is 0 Å². The Morgan fingerprint density at radius 1 is 1.33 bits per heavy atom. The van der Waals surface area contributed by atoms with Gasteiger partial charge in [0.1, 0.15) is 5.82 Å². The maximum atomic E-state index is 9.69. The van der Waals surface area contributed by atoms with E-state index < -0.39 is 5.54 Å². The molecular formula is C16H24N4O. The zero-order chi connectivity index (χ0) is 15.3. The highest BCUT2D eigenvalue weighted by atomic mass is 16.3. The third kappa shape index (κ3) is 3.91. The molecule has 1 unspecified atom stereocenters. The highest BCUT2D eigenvalue weighted by Gasteiger charge is 2.26. The highest BCUT2D eigenvalue weighted by Crippen LogP contribution is 2.22. The molecule has 3 N–H and O–H groups in total. The van der Waals surface area contributed by atoms with Crippen LogP contribution in [0.25, 0.3) is 0 Å². The lowest BCUT2D eigenvalue weighted by Gasteiger charge is -2.30. The van der Waals surface area contributed by atoms with Crippen molar-refractivity contribution in [2.24, 2.45) is 12.8 Å². The number of rotatable bonds is 7. The first-order chi connectivity index (χ1) is 10.0. The number of aliphatic hydroxyl groups excluding tert-OH is 1. The van der Waals surface area contributed by atoms with Gasteiger partial charge in [0.2, 0.25) is 0 Å². The third-order valence-corrected chi connectivity index (χ3v) is 3.90. The van der Waals surface area contributed by atoms with E-state index in [4.69, 9.17) is 5.73 Å². The van der Waals surface area contributed by atoms with Crippen molar-refractivity contribution in [1.29, 1.82) is 0 Å². The van der Waals surface area contributed by atoms with Gasteiger partial charge < -0.3 is 15.4 Å². The number of imidazole rings is 1. The van der Waals surface area contributed by atoms with Crippen LogP contribution in [0.3, 0.4) is 0 Å². The molecule has 0 saturated carbocycles. The van der Waals surface area contributed by atoms with Crippen molar-refractivity contribution in [3.8, 4) is 0 Å². The molecule has 0 amide bonds. The number of aromatic nitrogens is 2. The Balaban J connectivity index is 1.95. The molecule has 1 atom stereocenters. The Morgan fingerprint density at radius 3 is 2.62 bits per heavy atom. The maximum absolute atomic E-state index is 9.69. The van der Waals surface area contributed by atoms with Crippen LogP contribution in [0.1, 0.15) is 17.8 Å². The second kappa shape index (κ2) is 6.85. The van der Waals surface area contributed by atoms with E-state index in [2.05, 4.69) is 9.88 Å². The minimum atomic E-state index is -0.697. The predicted molar refractivity (Wildman–Crippen MR) is 83.6 cm³/mol. The van der Waals surface area contributed by atoms with Gasteiger partial charge in [-0.1, -0.05) is 30.3 Å². The molecule has 0 aliphatic heterocycles. The fourth-order valence-electron chi connectivity index (χ4n) is 2.34. The fourth-order valence-corrected chi connectivity index (χ4v) is 2.34. The lowest BCUT2D eigenvalue weighted by Crippen LogP contribution is -2.43. The molecule has 5 heteroatoms. The number of nitrogens with zero attached hydrogens (tertiary/aromatic N) is 3. The van der Waals surface area contributed by atoms with Gasteiger partial charge in [0.15, 0.2) is 0 Å². The van der Waals surface area contributed by atoms with Crippen LogP contribution in [0.4, 0.5) is 0 Å². The van der Waals surface area contributed by atoms with E-state index >= 15 is 0 Å². The van der Waals surface area contributed by atoms with Crippen molar-refractivity contribution in [1.82, 2.24) is 14.5 Å². The van der Waals surface area contributed by atoms with E-state index in [-0.39, 0.29) is 6.61 Å². The number of hydrogen-bond acceptors (Lipinski definition) is 4. The first kappa shape index (κ1) is 15.7. The SMILES string of the molecule is CN(CCC(N)(CO)c1ccccc1)Cc1nccn1C. The molecule has 0 aliphatic rings. The molecule has 0 radical (unpaired) electrons. The predicted octanol–water partition coefficient (Wildman–Crippen LogP) is 1.09. The molecule has 1 heterocycles. The number of benzene rings is 1. The number of aliphatic hydroxyl groups is 1. The van der Waals surface area contributed by atoms with Crippen LogP contribution in [0.5, 0.6) is 0 Å². The summed E-state index contributed by atoms with van der Waals surface area (Å²) in [5, 5.41) is 9.69. The van der Waals surface area contributed by atoms with E-state index in [0.717, 1.165) is 24.5 Å². The molecule has 0 aliphatic carbocycles.